The molecular weight excluding hydrogens is 426 g/mol. The summed E-state index contributed by atoms with van der Waals surface area (Å²) in [5, 5.41) is 6.65. The zero-order valence-electron chi connectivity index (χ0n) is 18.8. The zero-order chi connectivity index (χ0) is 23.2. The molecule has 0 atom stereocenters. The Balaban J connectivity index is 1.26. The molecule has 0 amide bonds. The predicted octanol–water partition coefficient (Wildman–Crippen LogP) is 4.31. The summed E-state index contributed by atoms with van der Waals surface area (Å²) in [5.74, 6) is 0.536. The molecule has 34 heavy (non-hydrogen) atoms. The standard InChI is InChI=1S/C26H27N7O/c27-23-16-20(3-8-25(23)30-18-19-2-1-10-28-17-19)24-9-11-29-26(32-24)31-21-4-6-22(7-5-21)33-12-14-34-15-13-33/h1-11,16-17,30H,12-15,18,27H2,(H,29,31,32). The number of pyridine rings is 1. The molecule has 1 aliphatic rings. The van der Waals surface area contributed by atoms with Gasteiger partial charge in [-0.2, -0.15) is 0 Å². The van der Waals surface area contributed by atoms with Crippen molar-refractivity contribution in [3.63, 3.8) is 0 Å². The molecule has 0 bridgehead atoms. The number of aromatic nitrogens is 3. The van der Waals surface area contributed by atoms with E-state index < -0.39 is 0 Å². The van der Waals surface area contributed by atoms with E-state index >= 15 is 0 Å². The van der Waals surface area contributed by atoms with Crippen LogP contribution in [0, 0.1) is 0 Å². The number of nitrogen functional groups attached to an aromatic ring is 1. The molecule has 0 aliphatic carbocycles. The second-order valence-electron chi connectivity index (χ2n) is 8.05. The van der Waals surface area contributed by atoms with Gasteiger partial charge in [-0.1, -0.05) is 12.1 Å². The zero-order valence-corrected chi connectivity index (χ0v) is 18.8. The van der Waals surface area contributed by atoms with E-state index in [0.29, 0.717) is 18.2 Å². The van der Waals surface area contributed by atoms with Crippen LogP contribution < -0.4 is 21.3 Å². The third-order valence-corrected chi connectivity index (χ3v) is 5.71. The van der Waals surface area contributed by atoms with Crippen molar-refractivity contribution in [2.24, 2.45) is 0 Å². The summed E-state index contributed by atoms with van der Waals surface area (Å²) >= 11 is 0. The summed E-state index contributed by atoms with van der Waals surface area (Å²) in [5.41, 5.74) is 12.8. The molecule has 3 heterocycles. The molecule has 2 aromatic heterocycles. The van der Waals surface area contributed by atoms with Crippen LogP contribution in [-0.2, 0) is 11.3 Å². The highest BCUT2D eigenvalue weighted by Gasteiger charge is 2.11. The quantitative estimate of drug-likeness (QED) is 0.356. The van der Waals surface area contributed by atoms with Gasteiger partial charge in [0.05, 0.1) is 30.3 Å². The first-order valence-corrected chi connectivity index (χ1v) is 11.3. The largest absolute Gasteiger partial charge is 0.397 e. The Morgan fingerprint density at radius 2 is 1.82 bits per heavy atom. The topological polar surface area (TPSA) is 101 Å². The van der Waals surface area contributed by atoms with Gasteiger partial charge in [0.1, 0.15) is 0 Å². The summed E-state index contributed by atoms with van der Waals surface area (Å²) in [6.07, 6.45) is 5.35. The fourth-order valence-electron chi connectivity index (χ4n) is 3.87. The van der Waals surface area contributed by atoms with Gasteiger partial charge in [-0.15, -0.1) is 0 Å². The second kappa shape index (κ2) is 10.2. The van der Waals surface area contributed by atoms with Gasteiger partial charge in [-0.25, -0.2) is 9.97 Å². The lowest BCUT2D eigenvalue weighted by Gasteiger charge is -2.28. The fourth-order valence-corrected chi connectivity index (χ4v) is 3.87. The molecule has 5 rings (SSSR count). The summed E-state index contributed by atoms with van der Waals surface area (Å²) in [6, 6.07) is 20.0. The van der Waals surface area contributed by atoms with Gasteiger partial charge in [-0.3, -0.25) is 4.98 Å². The Kier molecular flexibility index (Phi) is 6.49. The maximum absolute atomic E-state index is 6.31. The van der Waals surface area contributed by atoms with E-state index in [1.807, 2.05) is 54.7 Å². The van der Waals surface area contributed by atoms with E-state index in [9.17, 15) is 0 Å². The molecule has 172 valence electrons. The lowest BCUT2D eigenvalue weighted by molar-refractivity contribution is 0.122. The van der Waals surface area contributed by atoms with Gasteiger partial charge in [0.15, 0.2) is 0 Å². The summed E-state index contributed by atoms with van der Waals surface area (Å²) in [6.45, 7) is 4.03. The van der Waals surface area contributed by atoms with Gasteiger partial charge in [-0.05, 0) is 54.1 Å². The third kappa shape index (κ3) is 5.24. The van der Waals surface area contributed by atoms with Crippen molar-refractivity contribution in [2.45, 2.75) is 6.54 Å². The monoisotopic (exact) mass is 453 g/mol. The molecule has 0 radical (unpaired) electrons. The Bertz CT molecular complexity index is 1230. The van der Waals surface area contributed by atoms with E-state index in [2.05, 4.69) is 42.6 Å². The number of benzene rings is 2. The number of morpholine rings is 1. The van der Waals surface area contributed by atoms with E-state index in [-0.39, 0.29) is 0 Å². The number of hydrogen-bond acceptors (Lipinski definition) is 8. The van der Waals surface area contributed by atoms with Crippen LogP contribution in [0.5, 0.6) is 0 Å². The number of nitrogens with two attached hydrogens (primary N) is 1. The molecule has 4 N–H and O–H groups in total. The average molecular weight is 454 g/mol. The van der Waals surface area contributed by atoms with Crippen molar-refractivity contribution in [2.75, 3.05) is 47.6 Å². The molecule has 0 unspecified atom stereocenters. The summed E-state index contributed by atoms with van der Waals surface area (Å²) in [4.78, 5) is 15.5. The van der Waals surface area contributed by atoms with E-state index in [1.165, 1.54) is 5.69 Å². The van der Waals surface area contributed by atoms with Crippen LogP contribution in [0.4, 0.5) is 28.7 Å². The molecule has 4 aromatic rings. The molecule has 8 nitrogen and oxygen atoms in total. The van der Waals surface area contributed by atoms with Gasteiger partial charge in [0, 0.05) is 55.2 Å². The Labute approximate surface area is 198 Å². The van der Waals surface area contributed by atoms with Crippen molar-refractivity contribution in [1.29, 1.82) is 0 Å². The van der Waals surface area contributed by atoms with Crippen LogP contribution in [0.15, 0.2) is 79.3 Å². The van der Waals surface area contributed by atoms with Crippen molar-refractivity contribution in [3.05, 3.63) is 84.8 Å². The van der Waals surface area contributed by atoms with Crippen molar-refractivity contribution >= 4 is 28.7 Å². The number of anilines is 5. The summed E-state index contributed by atoms with van der Waals surface area (Å²) in [7, 11) is 0. The molecule has 1 aliphatic heterocycles. The van der Waals surface area contributed by atoms with Crippen LogP contribution in [-0.4, -0.2) is 41.3 Å². The van der Waals surface area contributed by atoms with Crippen LogP contribution >= 0.6 is 0 Å². The predicted molar refractivity (Wildman–Crippen MR) is 136 cm³/mol. The normalized spacial score (nSPS) is 13.5. The van der Waals surface area contributed by atoms with E-state index in [4.69, 9.17) is 10.5 Å². The highest BCUT2D eigenvalue weighted by molar-refractivity contribution is 5.75. The molecule has 0 spiro atoms. The van der Waals surface area contributed by atoms with Crippen molar-refractivity contribution in [3.8, 4) is 11.3 Å². The van der Waals surface area contributed by atoms with Crippen LogP contribution in [0.3, 0.4) is 0 Å². The number of nitrogens with zero attached hydrogens (tertiary/aromatic N) is 4. The number of rotatable bonds is 7. The van der Waals surface area contributed by atoms with Crippen LogP contribution in [0.1, 0.15) is 5.56 Å². The van der Waals surface area contributed by atoms with Crippen molar-refractivity contribution < 1.29 is 4.74 Å². The molecule has 1 saturated heterocycles. The Morgan fingerprint density at radius 3 is 2.59 bits per heavy atom. The number of ether oxygens (including phenoxy) is 1. The van der Waals surface area contributed by atoms with Gasteiger partial charge < -0.3 is 26.0 Å². The van der Waals surface area contributed by atoms with Gasteiger partial charge in [0.25, 0.3) is 0 Å². The lowest BCUT2D eigenvalue weighted by Crippen LogP contribution is -2.36. The second-order valence-corrected chi connectivity index (χ2v) is 8.05. The lowest BCUT2D eigenvalue weighted by atomic mass is 10.1. The first-order valence-electron chi connectivity index (χ1n) is 11.3. The number of hydrogen-bond donors (Lipinski definition) is 3. The SMILES string of the molecule is Nc1cc(-c2ccnc(Nc3ccc(N4CCOCC4)cc3)n2)ccc1NCc1cccnc1. The third-order valence-electron chi connectivity index (χ3n) is 5.71. The van der Waals surface area contributed by atoms with Crippen LogP contribution in [0.25, 0.3) is 11.3 Å². The average Bonchev–Trinajstić information content (AvgIpc) is 2.90. The highest BCUT2D eigenvalue weighted by atomic mass is 16.5. The smallest absolute Gasteiger partial charge is 0.227 e. The maximum atomic E-state index is 6.31. The fraction of sp³-hybridized carbons (Fsp3) is 0.192. The summed E-state index contributed by atoms with van der Waals surface area (Å²) < 4.78 is 5.43. The van der Waals surface area contributed by atoms with Gasteiger partial charge in [0.2, 0.25) is 5.95 Å². The molecule has 8 heteroatoms. The highest BCUT2D eigenvalue weighted by Crippen LogP contribution is 2.27. The number of nitrogens with one attached hydrogen (secondary N) is 2. The molecular formula is C26H27N7O. The molecule has 1 fully saturated rings. The van der Waals surface area contributed by atoms with Crippen LogP contribution in [0.2, 0.25) is 0 Å². The maximum Gasteiger partial charge on any atom is 0.227 e. The van der Waals surface area contributed by atoms with Crippen molar-refractivity contribution in [1.82, 2.24) is 15.0 Å². The Morgan fingerprint density at radius 1 is 0.971 bits per heavy atom. The minimum absolute atomic E-state index is 0.536. The molecule has 2 aromatic carbocycles. The van der Waals surface area contributed by atoms with E-state index in [0.717, 1.165) is 54.5 Å². The molecule has 0 saturated carbocycles. The minimum atomic E-state index is 0.536. The first kappa shape index (κ1) is 21.7. The Hall–Kier alpha value is -4.17. The minimum Gasteiger partial charge on any atom is -0.397 e. The van der Waals surface area contributed by atoms with E-state index in [1.54, 1.807) is 12.4 Å². The van der Waals surface area contributed by atoms with Gasteiger partial charge >= 0.3 is 0 Å². The first-order chi connectivity index (χ1) is 16.7.